The molecule has 6 aromatic heterocycles. The largest absolute Gasteiger partial charge is 0.310 e. The Bertz CT molecular complexity index is 10100. The number of para-hydroxylation sites is 3. The van der Waals surface area contributed by atoms with Gasteiger partial charge in [0.1, 0.15) is 0 Å². The van der Waals surface area contributed by atoms with Gasteiger partial charge in [0.2, 0.25) is 0 Å². The highest BCUT2D eigenvalue weighted by atomic mass is 32.1. The van der Waals surface area contributed by atoms with Crippen LogP contribution in [0.4, 0.5) is 51.2 Å². The molecule has 0 radical (unpaired) electrons. The predicted molar refractivity (Wildman–Crippen MR) is 610 cm³/mol. The van der Waals surface area contributed by atoms with E-state index in [0.29, 0.717) is 0 Å². The summed E-state index contributed by atoms with van der Waals surface area (Å²) in [5, 5.41) is 30.3. The predicted octanol–water partition coefficient (Wildman–Crippen LogP) is 38.8. The van der Waals surface area contributed by atoms with Gasteiger partial charge in [-0.25, -0.2) is 0 Å². The van der Waals surface area contributed by atoms with Crippen molar-refractivity contribution in [2.75, 3.05) is 14.7 Å². The van der Waals surface area contributed by atoms with Crippen molar-refractivity contribution in [3.63, 3.8) is 0 Å². The Labute approximate surface area is 824 Å². The molecule has 660 valence electrons. The molecule has 30 aromatic rings. The minimum absolute atomic E-state index is 1.13. The number of benzene rings is 24. The van der Waals surface area contributed by atoms with Gasteiger partial charge >= 0.3 is 0 Å². The summed E-state index contributed by atoms with van der Waals surface area (Å²) in [6.45, 7) is 0. The summed E-state index contributed by atoms with van der Waals surface area (Å²) in [6, 6.07) is 186. The Kier molecular flexibility index (Phi) is 19.5. The highest BCUT2D eigenvalue weighted by Crippen LogP contribution is 2.53. The average molecular weight is 1850 g/mol. The van der Waals surface area contributed by atoms with Crippen molar-refractivity contribution in [1.82, 2.24) is 13.7 Å². The molecule has 9 heteroatoms. The van der Waals surface area contributed by atoms with Gasteiger partial charge in [0, 0.05) is 160 Å². The summed E-state index contributed by atoms with van der Waals surface area (Å²) in [5.41, 5.74) is 21.1. The van der Waals surface area contributed by atoms with Crippen molar-refractivity contribution in [3.8, 4) is 17.1 Å². The molecular weight excluding hydrogens is 1770 g/mol. The van der Waals surface area contributed by atoms with E-state index in [0.717, 1.165) is 51.2 Å². The van der Waals surface area contributed by atoms with Crippen LogP contribution < -0.4 is 14.7 Å². The molecule has 30 rings (SSSR count). The first kappa shape index (κ1) is 81.6. The van der Waals surface area contributed by atoms with Crippen molar-refractivity contribution in [1.29, 1.82) is 0 Å². The normalized spacial score (nSPS) is 11.8. The van der Waals surface area contributed by atoms with Gasteiger partial charge in [-0.05, 0) is 230 Å². The van der Waals surface area contributed by atoms with E-state index in [4.69, 9.17) is 0 Å². The summed E-state index contributed by atoms with van der Waals surface area (Å²) in [6.07, 6.45) is 0. The molecule has 0 aliphatic heterocycles. The number of nitrogens with zero attached hydrogens (tertiary/aromatic N) is 6. The van der Waals surface area contributed by atoms with Crippen molar-refractivity contribution < 1.29 is 0 Å². The lowest BCUT2D eigenvalue weighted by Crippen LogP contribution is -2.11. The number of fused-ring (bicyclic) bond motifs is 27. The Morgan fingerprint density at radius 2 is 0.383 bits per heavy atom. The van der Waals surface area contributed by atoms with E-state index in [1.807, 2.05) is 34.0 Å². The Balaban J connectivity index is 0.000000104. The molecule has 0 bridgehead atoms. The van der Waals surface area contributed by atoms with Crippen LogP contribution >= 0.6 is 34.0 Å². The first-order valence-electron chi connectivity index (χ1n) is 48.1. The molecule has 0 fully saturated rings. The minimum atomic E-state index is 1.13. The van der Waals surface area contributed by atoms with Crippen molar-refractivity contribution in [3.05, 3.63) is 510 Å². The fraction of sp³-hybridized carbons (Fsp3) is 0. The molecular formula is C132H84N6S3. The zero-order valence-electron chi connectivity index (χ0n) is 76.4. The smallest absolute Gasteiger partial charge is 0.0555 e. The van der Waals surface area contributed by atoms with Crippen LogP contribution in [-0.2, 0) is 0 Å². The summed E-state index contributed by atoms with van der Waals surface area (Å²) in [7, 11) is 0. The molecule has 0 unspecified atom stereocenters. The summed E-state index contributed by atoms with van der Waals surface area (Å²) in [4.78, 5) is 7.31. The molecule has 0 saturated heterocycles. The number of thiophene rings is 3. The Morgan fingerprint density at radius 1 is 0.142 bits per heavy atom. The van der Waals surface area contributed by atoms with Crippen LogP contribution in [0.25, 0.3) is 208 Å². The van der Waals surface area contributed by atoms with E-state index in [-0.39, 0.29) is 0 Å². The van der Waals surface area contributed by atoms with Gasteiger partial charge < -0.3 is 28.4 Å². The van der Waals surface area contributed by atoms with Crippen LogP contribution in [-0.4, -0.2) is 13.7 Å². The third kappa shape index (κ3) is 13.6. The van der Waals surface area contributed by atoms with E-state index < -0.39 is 0 Å². The SMILES string of the molecule is c1ccc(-n2c3ccc(N(c4ccc5ccccc5c4)c4ccc5ccccc5c4)cc3c3c4sc5ccccc5c4ccc32)cc1.c1ccc(-n2c3ccc(N(c4ccc5ccccc5c4)c4cccc5ccccc45)cc3c3c4sc5ccccc5c4ccc32)cc1.c1ccc(-n2c3ccc(N(c4cccc5ccccc45)c4cccc5ccccc45)cc3c3c4sc5ccccc5c4ccc32)cc1. The summed E-state index contributed by atoms with van der Waals surface area (Å²) in [5.74, 6) is 0. The van der Waals surface area contributed by atoms with Gasteiger partial charge in [-0.15, -0.1) is 34.0 Å². The van der Waals surface area contributed by atoms with Gasteiger partial charge in [-0.2, -0.15) is 0 Å². The van der Waals surface area contributed by atoms with Crippen LogP contribution in [0, 0.1) is 0 Å². The molecule has 0 N–H and O–H groups in total. The molecule has 0 aliphatic carbocycles. The zero-order chi connectivity index (χ0) is 92.7. The maximum atomic E-state index is 2.46. The Morgan fingerprint density at radius 3 is 0.723 bits per heavy atom. The quantitative estimate of drug-likeness (QED) is 0.122. The van der Waals surface area contributed by atoms with Gasteiger partial charge in [0.15, 0.2) is 0 Å². The molecule has 6 heterocycles. The molecule has 6 nitrogen and oxygen atoms in total. The van der Waals surface area contributed by atoms with E-state index >= 15 is 0 Å². The maximum Gasteiger partial charge on any atom is 0.0555 e. The summed E-state index contributed by atoms with van der Waals surface area (Å²) < 4.78 is 15.2. The van der Waals surface area contributed by atoms with Crippen LogP contribution in [0.1, 0.15) is 0 Å². The van der Waals surface area contributed by atoms with Gasteiger partial charge in [0.05, 0.1) is 50.2 Å². The molecule has 141 heavy (non-hydrogen) atoms. The van der Waals surface area contributed by atoms with Crippen molar-refractivity contribution in [2.45, 2.75) is 0 Å². The van der Waals surface area contributed by atoms with Crippen LogP contribution in [0.5, 0.6) is 0 Å². The molecule has 0 amide bonds. The van der Waals surface area contributed by atoms with Crippen molar-refractivity contribution in [2.24, 2.45) is 0 Å². The fourth-order valence-electron chi connectivity index (χ4n) is 22.2. The highest BCUT2D eigenvalue weighted by molar-refractivity contribution is 7.27. The number of hydrogen-bond donors (Lipinski definition) is 0. The van der Waals surface area contributed by atoms with Gasteiger partial charge in [-0.3, -0.25) is 0 Å². The molecule has 0 saturated carbocycles. The summed E-state index contributed by atoms with van der Waals surface area (Å²) >= 11 is 5.69. The lowest BCUT2D eigenvalue weighted by atomic mass is 10.0. The van der Waals surface area contributed by atoms with Crippen LogP contribution in [0.2, 0.25) is 0 Å². The lowest BCUT2D eigenvalue weighted by molar-refractivity contribution is 1.18. The molecule has 24 aromatic carbocycles. The van der Waals surface area contributed by atoms with E-state index in [1.165, 1.54) is 208 Å². The second-order valence-corrected chi connectivity index (χ2v) is 39.7. The molecule has 0 spiro atoms. The first-order valence-corrected chi connectivity index (χ1v) is 50.5. The van der Waals surface area contributed by atoms with Gasteiger partial charge in [-0.1, -0.05) is 328 Å². The van der Waals surface area contributed by atoms with Crippen LogP contribution in [0.3, 0.4) is 0 Å². The standard InChI is InChI=1S/3C44H28N2S/c1-2-16-31(17-3-1)45-40-26-24-32(28-37(40)43-41(45)27-25-36-35-20-8-9-23-42(35)47-44(36)43)46(38-21-10-14-29-12-4-6-18-33(29)38)39-22-11-15-30-13-5-7-19-34(30)39;1-2-14-33(15-3-1)46-40-24-22-36(28-39(40)43-41(46)25-23-38-37-16-8-9-17-42(37)47-44(38)43)45(34-20-18-29-10-4-6-12-31(29)26-34)35-21-19-30-11-5-7-13-32(30)27-35;1-2-15-32(16-3-1)46-40-25-23-34(28-38(40)43-41(46)26-24-37-36-18-8-9-20-42(36)47-44(37)43)45(33-22-21-29-11-4-5-13-31(29)27-33)39-19-10-14-30-12-6-7-17-35(30)39/h3*1-28H. The van der Waals surface area contributed by atoms with E-state index in [2.05, 4.69) is 538 Å². The van der Waals surface area contributed by atoms with Crippen LogP contribution in [0.15, 0.2) is 510 Å². The number of rotatable bonds is 12. The molecule has 0 aliphatic rings. The first-order chi connectivity index (χ1) is 69.9. The number of anilines is 9. The monoisotopic (exact) mass is 1850 g/mol. The maximum absolute atomic E-state index is 2.46. The molecule has 0 atom stereocenters. The second-order valence-electron chi connectivity index (χ2n) is 36.5. The number of aromatic nitrogens is 3. The fourth-order valence-corrected chi connectivity index (χ4v) is 26.0. The topological polar surface area (TPSA) is 24.5 Å². The second kappa shape index (κ2) is 33.6. The van der Waals surface area contributed by atoms with E-state index in [1.54, 1.807) is 0 Å². The number of hydrogen-bond acceptors (Lipinski definition) is 6. The highest BCUT2D eigenvalue weighted by Gasteiger charge is 2.28. The van der Waals surface area contributed by atoms with Crippen molar-refractivity contribution >= 4 is 276 Å². The third-order valence-corrected chi connectivity index (χ3v) is 32.2. The Hall–Kier alpha value is -17.7. The third-order valence-electron chi connectivity index (χ3n) is 28.6. The minimum Gasteiger partial charge on any atom is -0.310 e. The van der Waals surface area contributed by atoms with Gasteiger partial charge in [0.25, 0.3) is 0 Å². The average Bonchev–Trinajstić information content (AvgIpc) is 1.57. The van der Waals surface area contributed by atoms with E-state index in [9.17, 15) is 0 Å². The zero-order valence-corrected chi connectivity index (χ0v) is 78.9. The lowest BCUT2D eigenvalue weighted by Gasteiger charge is -2.28.